The predicted molar refractivity (Wildman–Crippen MR) is 97.1 cm³/mol. The van der Waals surface area contributed by atoms with E-state index in [0.29, 0.717) is 31.0 Å². The third-order valence-electron chi connectivity index (χ3n) is 4.39. The van der Waals surface area contributed by atoms with Gasteiger partial charge in [-0.2, -0.15) is 0 Å². The number of piperidine rings is 1. The lowest BCUT2D eigenvalue weighted by Crippen LogP contribution is -2.46. The van der Waals surface area contributed by atoms with E-state index in [1.54, 1.807) is 0 Å². The molecule has 0 atom stereocenters. The SMILES string of the molecule is O=C(c1ccc(F)c(F)c1)N1CCC(NS(=O)(=O)c2ccc(Cl)cc2)CC1. The first-order valence-corrected chi connectivity index (χ1v) is 10.1. The van der Waals surface area contributed by atoms with Crippen molar-refractivity contribution in [3.8, 4) is 0 Å². The Morgan fingerprint density at radius 3 is 2.26 bits per heavy atom. The molecule has 0 bridgehead atoms. The minimum absolute atomic E-state index is 0.0640. The minimum Gasteiger partial charge on any atom is -0.339 e. The van der Waals surface area contributed by atoms with Crippen LogP contribution >= 0.6 is 11.6 Å². The summed E-state index contributed by atoms with van der Waals surface area (Å²) >= 11 is 5.77. The van der Waals surface area contributed by atoms with Gasteiger partial charge in [-0.25, -0.2) is 21.9 Å². The van der Waals surface area contributed by atoms with Gasteiger partial charge in [0.2, 0.25) is 10.0 Å². The fraction of sp³-hybridized carbons (Fsp3) is 0.278. The minimum atomic E-state index is -3.68. The van der Waals surface area contributed by atoms with Crippen molar-refractivity contribution >= 4 is 27.5 Å². The van der Waals surface area contributed by atoms with Gasteiger partial charge in [0.05, 0.1) is 4.90 Å². The van der Waals surface area contributed by atoms with Crippen molar-refractivity contribution in [3.63, 3.8) is 0 Å². The maximum Gasteiger partial charge on any atom is 0.253 e. The number of likely N-dealkylation sites (tertiary alicyclic amines) is 1. The lowest BCUT2D eigenvalue weighted by atomic mass is 10.0. The van der Waals surface area contributed by atoms with E-state index in [2.05, 4.69) is 4.72 Å². The summed E-state index contributed by atoms with van der Waals surface area (Å²) in [5, 5.41) is 0.443. The standard InChI is InChI=1S/C18H17ClF2N2O3S/c19-13-2-4-15(5-3-13)27(25,26)22-14-7-9-23(10-8-14)18(24)12-1-6-16(20)17(21)11-12/h1-6,11,14,22H,7-10H2. The molecule has 1 aliphatic rings. The molecule has 1 heterocycles. The highest BCUT2D eigenvalue weighted by atomic mass is 35.5. The van der Waals surface area contributed by atoms with Gasteiger partial charge in [0.1, 0.15) is 0 Å². The normalized spacial score (nSPS) is 15.7. The zero-order chi connectivity index (χ0) is 19.6. The van der Waals surface area contributed by atoms with Crippen LogP contribution < -0.4 is 4.72 Å². The number of hydrogen-bond donors (Lipinski definition) is 1. The van der Waals surface area contributed by atoms with Crippen LogP contribution in [0.3, 0.4) is 0 Å². The van der Waals surface area contributed by atoms with E-state index in [-0.39, 0.29) is 16.5 Å². The molecule has 2 aromatic rings. The van der Waals surface area contributed by atoms with Crippen molar-refractivity contribution < 1.29 is 22.0 Å². The van der Waals surface area contributed by atoms with Crippen molar-refractivity contribution in [1.82, 2.24) is 9.62 Å². The molecule has 1 fully saturated rings. The van der Waals surface area contributed by atoms with Gasteiger partial charge in [-0.3, -0.25) is 4.79 Å². The molecule has 1 N–H and O–H groups in total. The fourth-order valence-electron chi connectivity index (χ4n) is 2.91. The van der Waals surface area contributed by atoms with E-state index in [9.17, 15) is 22.0 Å². The Labute approximate surface area is 161 Å². The second-order valence-corrected chi connectivity index (χ2v) is 8.42. The van der Waals surface area contributed by atoms with Crippen LogP contribution in [-0.2, 0) is 10.0 Å². The number of nitrogens with one attached hydrogen (secondary N) is 1. The van der Waals surface area contributed by atoms with Gasteiger partial charge in [0.25, 0.3) is 5.91 Å². The van der Waals surface area contributed by atoms with E-state index >= 15 is 0 Å². The van der Waals surface area contributed by atoms with Crippen LogP contribution in [-0.4, -0.2) is 38.4 Å². The number of carbonyl (C=O) groups excluding carboxylic acids is 1. The topological polar surface area (TPSA) is 66.5 Å². The molecule has 2 aromatic carbocycles. The summed E-state index contributed by atoms with van der Waals surface area (Å²) < 4.78 is 53.8. The summed E-state index contributed by atoms with van der Waals surface area (Å²) in [4.78, 5) is 14.0. The first kappa shape index (κ1) is 19.7. The smallest absolute Gasteiger partial charge is 0.253 e. The van der Waals surface area contributed by atoms with Crippen molar-refractivity contribution in [2.24, 2.45) is 0 Å². The van der Waals surface area contributed by atoms with Crippen molar-refractivity contribution in [2.45, 2.75) is 23.8 Å². The van der Waals surface area contributed by atoms with Gasteiger partial charge in [-0.1, -0.05) is 11.6 Å². The number of carbonyl (C=O) groups is 1. The monoisotopic (exact) mass is 414 g/mol. The zero-order valence-corrected chi connectivity index (χ0v) is 15.7. The van der Waals surface area contributed by atoms with Gasteiger partial charge >= 0.3 is 0 Å². The van der Waals surface area contributed by atoms with Crippen LogP contribution in [0, 0.1) is 11.6 Å². The molecule has 9 heteroatoms. The molecule has 0 aromatic heterocycles. The highest BCUT2D eigenvalue weighted by Gasteiger charge is 2.27. The number of amides is 1. The Morgan fingerprint density at radius 1 is 1.04 bits per heavy atom. The molecule has 5 nitrogen and oxygen atoms in total. The van der Waals surface area contributed by atoms with Gasteiger partial charge in [-0.15, -0.1) is 0 Å². The summed E-state index contributed by atoms with van der Waals surface area (Å²) in [7, 11) is -3.68. The highest BCUT2D eigenvalue weighted by molar-refractivity contribution is 7.89. The van der Waals surface area contributed by atoms with Crippen LogP contribution in [0.25, 0.3) is 0 Å². The van der Waals surface area contributed by atoms with Crippen molar-refractivity contribution in [1.29, 1.82) is 0 Å². The number of nitrogens with zero attached hydrogens (tertiary/aromatic N) is 1. The molecular formula is C18H17ClF2N2O3S. The fourth-order valence-corrected chi connectivity index (χ4v) is 4.34. The van der Waals surface area contributed by atoms with Gasteiger partial charge in [0.15, 0.2) is 11.6 Å². The molecule has 1 aliphatic heterocycles. The zero-order valence-electron chi connectivity index (χ0n) is 14.2. The molecular weight excluding hydrogens is 398 g/mol. The average Bonchev–Trinajstić information content (AvgIpc) is 2.64. The summed E-state index contributed by atoms with van der Waals surface area (Å²) in [5.41, 5.74) is 0.0640. The number of halogens is 3. The second-order valence-electron chi connectivity index (χ2n) is 6.27. The van der Waals surface area contributed by atoms with Crippen molar-refractivity contribution in [2.75, 3.05) is 13.1 Å². The quantitative estimate of drug-likeness (QED) is 0.835. The van der Waals surface area contributed by atoms with Crippen LogP contribution in [0.5, 0.6) is 0 Å². The maximum atomic E-state index is 13.3. The average molecular weight is 415 g/mol. The first-order valence-electron chi connectivity index (χ1n) is 8.28. The summed E-state index contributed by atoms with van der Waals surface area (Å²) in [6.45, 7) is 0.622. The Morgan fingerprint density at radius 2 is 1.67 bits per heavy atom. The van der Waals surface area contributed by atoms with Crippen LogP contribution in [0.2, 0.25) is 5.02 Å². The summed E-state index contributed by atoms with van der Waals surface area (Å²) in [6.07, 6.45) is 0.838. The number of sulfonamides is 1. The number of rotatable bonds is 4. The second kappa shape index (κ2) is 7.92. The van der Waals surface area contributed by atoms with Gasteiger partial charge in [0, 0.05) is 29.7 Å². The third-order valence-corrected chi connectivity index (χ3v) is 6.18. The van der Waals surface area contributed by atoms with Crippen LogP contribution in [0.4, 0.5) is 8.78 Å². The van der Waals surface area contributed by atoms with E-state index in [1.165, 1.54) is 35.2 Å². The molecule has 27 heavy (non-hydrogen) atoms. The lowest BCUT2D eigenvalue weighted by molar-refractivity contribution is 0.0710. The maximum absolute atomic E-state index is 13.3. The van der Waals surface area contributed by atoms with Crippen LogP contribution in [0.1, 0.15) is 23.2 Å². The van der Waals surface area contributed by atoms with E-state index < -0.39 is 27.6 Å². The predicted octanol–water partition coefficient (Wildman–Crippen LogP) is 3.20. The third kappa shape index (κ3) is 4.63. The molecule has 0 unspecified atom stereocenters. The van der Waals surface area contributed by atoms with E-state index in [0.717, 1.165) is 12.1 Å². The molecule has 0 saturated carbocycles. The van der Waals surface area contributed by atoms with E-state index in [4.69, 9.17) is 11.6 Å². The van der Waals surface area contributed by atoms with Gasteiger partial charge < -0.3 is 4.90 Å². The Balaban J connectivity index is 1.60. The Bertz CT molecular complexity index is 944. The Kier molecular flexibility index (Phi) is 5.78. The number of hydrogen-bond acceptors (Lipinski definition) is 3. The van der Waals surface area contributed by atoms with Gasteiger partial charge in [-0.05, 0) is 55.3 Å². The van der Waals surface area contributed by atoms with E-state index in [1.807, 2.05) is 0 Å². The first-order chi connectivity index (χ1) is 12.8. The highest BCUT2D eigenvalue weighted by Crippen LogP contribution is 2.19. The molecule has 1 saturated heterocycles. The molecule has 3 rings (SSSR count). The summed E-state index contributed by atoms with van der Waals surface area (Å²) in [5.74, 6) is -2.50. The van der Waals surface area contributed by atoms with Crippen LogP contribution in [0.15, 0.2) is 47.4 Å². The molecule has 1 amide bonds. The largest absolute Gasteiger partial charge is 0.339 e. The molecule has 0 radical (unpaired) electrons. The molecule has 0 spiro atoms. The van der Waals surface area contributed by atoms with Crippen molar-refractivity contribution in [3.05, 3.63) is 64.7 Å². The Hall–Kier alpha value is -2.03. The lowest BCUT2D eigenvalue weighted by Gasteiger charge is -2.32. The number of benzene rings is 2. The molecule has 144 valence electrons. The summed E-state index contributed by atoms with van der Waals surface area (Å²) in [6, 6.07) is 8.54. The molecule has 0 aliphatic carbocycles.